The fourth-order valence-electron chi connectivity index (χ4n) is 5.35. The zero-order valence-electron chi connectivity index (χ0n) is 18.7. The van der Waals surface area contributed by atoms with Gasteiger partial charge in [0.25, 0.3) is 0 Å². The van der Waals surface area contributed by atoms with Crippen LogP contribution in [0.15, 0.2) is 23.2 Å². The van der Waals surface area contributed by atoms with Gasteiger partial charge in [0.05, 0.1) is 11.1 Å². The van der Waals surface area contributed by atoms with Crippen molar-refractivity contribution < 1.29 is 5.11 Å². The van der Waals surface area contributed by atoms with Crippen molar-refractivity contribution in [2.45, 2.75) is 76.7 Å². The van der Waals surface area contributed by atoms with Gasteiger partial charge in [-0.1, -0.05) is 45.9 Å². The monoisotopic (exact) mass is 414 g/mol. The molecule has 0 aromatic heterocycles. The first-order valence-electron chi connectivity index (χ1n) is 11.5. The molecule has 0 amide bonds. The summed E-state index contributed by atoms with van der Waals surface area (Å²) in [5.74, 6) is 1.68. The lowest BCUT2D eigenvalue weighted by molar-refractivity contribution is 0.182. The van der Waals surface area contributed by atoms with E-state index in [-0.39, 0.29) is 10.8 Å². The van der Waals surface area contributed by atoms with Crippen LogP contribution in [0.1, 0.15) is 82.5 Å². The van der Waals surface area contributed by atoms with Gasteiger partial charge < -0.3 is 10.0 Å². The summed E-state index contributed by atoms with van der Waals surface area (Å²) in [5.41, 5.74) is 5.04. The summed E-state index contributed by atoms with van der Waals surface area (Å²) in [7, 11) is 0. The highest BCUT2D eigenvalue weighted by Gasteiger charge is 2.38. The molecular weight excluding hydrogens is 376 g/mol. The number of hydrogen-bond acceptors (Lipinski definition) is 4. The summed E-state index contributed by atoms with van der Waals surface area (Å²) in [6, 6.07) is 7.56. The summed E-state index contributed by atoms with van der Waals surface area (Å²) in [6.45, 7) is 13.2. The highest BCUT2D eigenvalue weighted by atomic mass is 32.2. The molecule has 2 atom stereocenters. The van der Waals surface area contributed by atoms with Gasteiger partial charge in [-0.2, -0.15) is 0 Å². The van der Waals surface area contributed by atoms with E-state index in [0.717, 1.165) is 25.3 Å². The molecule has 2 aliphatic heterocycles. The minimum Gasteiger partial charge on any atom is -0.396 e. The van der Waals surface area contributed by atoms with Gasteiger partial charge in [0.1, 0.15) is 0 Å². The summed E-state index contributed by atoms with van der Waals surface area (Å²) in [5, 5.41) is 10.5. The third kappa shape index (κ3) is 4.45. The summed E-state index contributed by atoms with van der Waals surface area (Å²) >= 11 is 1.99. The van der Waals surface area contributed by atoms with E-state index in [1.807, 2.05) is 11.8 Å². The Morgan fingerprint density at radius 2 is 1.90 bits per heavy atom. The molecule has 29 heavy (non-hydrogen) atoms. The van der Waals surface area contributed by atoms with Gasteiger partial charge in [-0.3, -0.25) is 4.99 Å². The maximum absolute atomic E-state index is 9.13. The van der Waals surface area contributed by atoms with Gasteiger partial charge in [-0.15, -0.1) is 11.8 Å². The molecular formula is C25H38N2OS. The van der Waals surface area contributed by atoms with Crippen LogP contribution in [0, 0.1) is 5.92 Å². The van der Waals surface area contributed by atoms with Crippen LogP contribution in [-0.2, 0) is 10.8 Å². The van der Waals surface area contributed by atoms with Crippen LogP contribution in [0.5, 0.6) is 0 Å². The van der Waals surface area contributed by atoms with Gasteiger partial charge in [0.15, 0.2) is 0 Å². The Morgan fingerprint density at radius 3 is 2.66 bits per heavy atom. The first kappa shape index (κ1) is 21.4. The molecule has 160 valence electrons. The second kappa shape index (κ2) is 8.36. The molecule has 1 saturated heterocycles. The molecule has 4 heteroatoms. The highest BCUT2D eigenvalue weighted by Crippen LogP contribution is 2.47. The van der Waals surface area contributed by atoms with Crippen LogP contribution in [-0.4, -0.2) is 47.0 Å². The Balaban J connectivity index is 1.52. The van der Waals surface area contributed by atoms with Gasteiger partial charge in [0, 0.05) is 31.4 Å². The molecule has 1 aliphatic carbocycles. The number of fused-ring (bicyclic) bond motifs is 1. The molecule has 2 unspecified atom stereocenters. The minimum absolute atomic E-state index is 0.260. The van der Waals surface area contributed by atoms with Gasteiger partial charge in [-0.25, -0.2) is 0 Å². The molecule has 1 aromatic rings. The fourth-order valence-corrected chi connectivity index (χ4v) is 6.58. The van der Waals surface area contributed by atoms with Crippen LogP contribution in [0.4, 0.5) is 0 Å². The van der Waals surface area contributed by atoms with E-state index in [1.165, 1.54) is 42.8 Å². The quantitative estimate of drug-likeness (QED) is 0.709. The number of aliphatic hydroxyl groups excluding tert-OH is 1. The van der Waals surface area contributed by atoms with Crippen LogP contribution in [0.3, 0.4) is 0 Å². The molecule has 4 rings (SSSR count). The average molecular weight is 415 g/mol. The molecule has 2 heterocycles. The van der Waals surface area contributed by atoms with E-state index < -0.39 is 0 Å². The number of benzene rings is 1. The number of piperidine rings is 1. The second-order valence-corrected chi connectivity index (χ2v) is 11.6. The topological polar surface area (TPSA) is 35.8 Å². The van der Waals surface area contributed by atoms with Crippen molar-refractivity contribution in [3.05, 3.63) is 34.9 Å². The number of thioether (sulfide) groups is 1. The standard InChI is InChI=1S/C25H38N2OS/c1-24(2)10-11-25(3,4)21-15-18(8-9-20(21)24)22-17-29-23(26-22)19-7-5-12-27(16-19)13-6-14-28/h8-9,15,19,22,28H,5-7,10-14,16-17H2,1-4H3. The molecule has 1 N–H and O–H groups in total. The summed E-state index contributed by atoms with van der Waals surface area (Å²) in [4.78, 5) is 7.75. The third-order valence-electron chi connectivity index (χ3n) is 7.42. The third-order valence-corrected chi connectivity index (χ3v) is 8.64. The van der Waals surface area contributed by atoms with Crippen molar-refractivity contribution in [2.24, 2.45) is 10.9 Å². The van der Waals surface area contributed by atoms with Crippen molar-refractivity contribution in [3.8, 4) is 0 Å². The number of hydrogen-bond donors (Lipinski definition) is 1. The maximum Gasteiger partial charge on any atom is 0.0853 e. The number of nitrogens with zero attached hydrogens (tertiary/aromatic N) is 2. The Hall–Kier alpha value is -0.840. The highest BCUT2D eigenvalue weighted by molar-refractivity contribution is 8.14. The van der Waals surface area contributed by atoms with Crippen molar-refractivity contribution in [2.75, 3.05) is 32.0 Å². The SMILES string of the molecule is CC1(C)CCC(C)(C)c2cc(C3CSC(C4CCCN(CCCO)C4)=N3)ccc21. The van der Waals surface area contributed by atoms with Crippen LogP contribution in [0.2, 0.25) is 0 Å². The van der Waals surface area contributed by atoms with Crippen molar-refractivity contribution in [1.82, 2.24) is 4.90 Å². The molecule has 3 aliphatic rings. The van der Waals surface area contributed by atoms with Crippen molar-refractivity contribution >= 4 is 16.8 Å². The summed E-state index contributed by atoms with van der Waals surface area (Å²) in [6.07, 6.45) is 5.93. The molecule has 0 radical (unpaired) electrons. The largest absolute Gasteiger partial charge is 0.396 e. The molecule has 0 spiro atoms. The lowest BCUT2D eigenvalue weighted by Crippen LogP contribution is -2.38. The molecule has 1 aromatic carbocycles. The van der Waals surface area contributed by atoms with Crippen LogP contribution < -0.4 is 0 Å². The van der Waals surface area contributed by atoms with Gasteiger partial charge in [0.2, 0.25) is 0 Å². The number of aliphatic hydroxyl groups is 1. The number of aliphatic imine (C=N–C) groups is 1. The molecule has 1 fully saturated rings. The minimum atomic E-state index is 0.260. The zero-order valence-corrected chi connectivity index (χ0v) is 19.5. The Morgan fingerprint density at radius 1 is 1.14 bits per heavy atom. The Bertz CT molecular complexity index is 770. The number of likely N-dealkylation sites (tertiary alicyclic amines) is 1. The van der Waals surface area contributed by atoms with E-state index in [1.54, 1.807) is 11.1 Å². The van der Waals surface area contributed by atoms with Crippen LogP contribution in [0.25, 0.3) is 0 Å². The first-order chi connectivity index (χ1) is 13.8. The lowest BCUT2D eigenvalue weighted by atomic mass is 9.63. The molecule has 0 bridgehead atoms. The smallest absolute Gasteiger partial charge is 0.0853 e. The fraction of sp³-hybridized carbons (Fsp3) is 0.720. The van der Waals surface area contributed by atoms with Crippen molar-refractivity contribution in [3.63, 3.8) is 0 Å². The zero-order chi connectivity index (χ0) is 20.6. The van der Waals surface area contributed by atoms with E-state index in [2.05, 4.69) is 50.8 Å². The normalized spacial score (nSPS) is 28.8. The van der Waals surface area contributed by atoms with E-state index in [9.17, 15) is 0 Å². The molecule has 3 nitrogen and oxygen atoms in total. The second-order valence-electron chi connectivity index (χ2n) is 10.6. The van der Waals surface area contributed by atoms with Gasteiger partial charge >= 0.3 is 0 Å². The lowest BCUT2D eigenvalue weighted by Gasteiger charge is -2.42. The van der Waals surface area contributed by atoms with E-state index in [4.69, 9.17) is 10.1 Å². The predicted octanol–water partition coefficient (Wildman–Crippen LogP) is 5.32. The first-order valence-corrected chi connectivity index (χ1v) is 12.5. The maximum atomic E-state index is 9.13. The van der Waals surface area contributed by atoms with Crippen LogP contribution >= 0.6 is 11.8 Å². The van der Waals surface area contributed by atoms with Gasteiger partial charge in [-0.05, 0) is 66.2 Å². The summed E-state index contributed by atoms with van der Waals surface area (Å²) < 4.78 is 0. The predicted molar refractivity (Wildman–Crippen MR) is 125 cm³/mol. The van der Waals surface area contributed by atoms with E-state index >= 15 is 0 Å². The molecule has 0 saturated carbocycles. The Kier molecular flexibility index (Phi) is 6.17. The Labute approximate surface area is 181 Å². The number of rotatable bonds is 5. The van der Waals surface area contributed by atoms with E-state index in [0.29, 0.717) is 18.6 Å². The average Bonchev–Trinajstić information content (AvgIpc) is 3.20. The van der Waals surface area contributed by atoms with Crippen molar-refractivity contribution in [1.29, 1.82) is 0 Å².